The molecule has 0 nitrogen and oxygen atoms in total. The van der Waals surface area contributed by atoms with Gasteiger partial charge in [0, 0.05) is 0 Å². The van der Waals surface area contributed by atoms with Crippen LogP contribution in [0.3, 0.4) is 0 Å². The summed E-state index contributed by atoms with van der Waals surface area (Å²) in [6.07, 6.45) is 0. The second-order valence-electron chi connectivity index (χ2n) is 11.7. The first-order valence-electron chi connectivity index (χ1n) is 14.7. The summed E-state index contributed by atoms with van der Waals surface area (Å²) in [4.78, 5) is 0. The molecule has 0 saturated heterocycles. The lowest BCUT2D eigenvalue weighted by Crippen LogP contribution is -1.89. The summed E-state index contributed by atoms with van der Waals surface area (Å²) in [6, 6.07) is 54.4. The van der Waals surface area contributed by atoms with E-state index < -0.39 is 0 Å². The summed E-state index contributed by atoms with van der Waals surface area (Å²) in [5, 5.41) is 18.5. The van der Waals surface area contributed by atoms with Crippen LogP contribution in [-0.2, 0) is 0 Å². The van der Waals surface area contributed by atoms with Crippen LogP contribution in [0, 0.1) is 0 Å². The lowest BCUT2D eigenvalue weighted by Gasteiger charge is -2.16. The quantitative estimate of drug-likeness (QED) is 0.196. The average molecular weight is 529 g/mol. The molecule has 0 aliphatic rings. The molecular weight excluding hydrogens is 504 g/mol. The normalized spacial score (nSPS) is 12.3. The lowest BCUT2D eigenvalue weighted by atomic mass is 9.88. The number of hydrogen-bond donors (Lipinski definition) is 0. The summed E-state index contributed by atoms with van der Waals surface area (Å²) < 4.78 is 0. The fourth-order valence-corrected chi connectivity index (χ4v) is 7.57. The van der Waals surface area contributed by atoms with Crippen molar-refractivity contribution in [2.45, 2.75) is 0 Å². The van der Waals surface area contributed by atoms with Gasteiger partial charge in [0.2, 0.25) is 0 Å². The monoisotopic (exact) mass is 528 g/mol. The van der Waals surface area contributed by atoms with Crippen LogP contribution in [0.25, 0.3) is 97.7 Å². The topological polar surface area (TPSA) is 0 Å². The van der Waals surface area contributed by atoms with E-state index in [0.29, 0.717) is 0 Å². The van der Waals surface area contributed by atoms with Gasteiger partial charge >= 0.3 is 0 Å². The first-order chi connectivity index (χ1) is 20.8. The first-order valence-corrected chi connectivity index (χ1v) is 14.7. The maximum Gasteiger partial charge on any atom is -0.00206 e. The van der Waals surface area contributed by atoms with Crippen LogP contribution in [0.4, 0.5) is 0 Å². The van der Waals surface area contributed by atoms with Crippen LogP contribution < -0.4 is 0 Å². The van der Waals surface area contributed by atoms with E-state index in [1.54, 1.807) is 0 Å². The van der Waals surface area contributed by atoms with Crippen molar-refractivity contribution >= 4 is 75.4 Å². The van der Waals surface area contributed by atoms with Gasteiger partial charge in [-0.2, -0.15) is 0 Å². The van der Waals surface area contributed by atoms with Crippen LogP contribution >= 0.6 is 0 Å². The molecule has 0 fully saturated rings. The van der Waals surface area contributed by atoms with Crippen molar-refractivity contribution in [1.29, 1.82) is 0 Å². The summed E-state index contributed by atoms with van der Waals surface area (Å²) >= 11 is 0. The molecular formula is C42H24. The van der Waals surface area contributed by atoms with E-state index in [1.807, 2.05) is 0 Å². The molecule has 0 heterocycles. The summed E-state index contributed by atoms with van der Waals surface area (Å²) in [6.45, 7) is 0. The summed E-state index contributed by atoms with van der Waals surface area (Å²) in [5.41, 5.74) is 5.11. The average Bonchev–Trinajstić information content (AvgIpc) is 3.05. The lowest BCUT2D eigenvalue weighted by molar-refractivity contribution is 1.68. The predicted octanol–water partition coefficient (Wildman–Crippen LogP) is 12.0. The van der Waals surface area contributed by atoms with E-state index in [1.165, 1.54) is 97.7 Å². The van der Waals surface area contributed by atoms with Gasteiger partial charge in [-0.3, -0.25) is 0 Å². The van der Waals surface area contributed by atoms with E-state index in [9.17, 15) is 0 Å². The standard InChI is InChI=1S/C42H24/c1-4-25-11-13-29-18-20-35(37-21-19-27(5-1)39(25)42(29)37)32-16-14-31-23-33(17-15-30(31)22-32)38-24-34-8-2-6-26-10-12-28-7-3-9-36(38)41(28)40(26)34/h1-24H. The van der Waals surface area contributed by atoms with E-state index in [-0.39, 0.29) is 0 Å². The fourth-order valence-electron chi connectivity index (χ4n) is 7.57. The molecule has 0 spiro atoms. The molecule has 0 unspecified atom stereocenters. The van der Waals surface area contributed by atoms with Gasteiger partial charge in [0.15, 0.2) is 0 Å². The van der Waals surface area contributed by atoms with Gasteiger partial charge in [0.05, 0.1) is 0 Å². The molecule has 0 amide bonds. The Balaban J connectivity index is 1.16. The van der Waals surface area contributed by atoms with Gasteiger partial charge in [-0.05, 0) is 116 Å². The maximum absolute atomic E-state index is 2.38. The molecule has 0 atom stereocenters. The predicted molar refractivity (Wildman–Crippen MR) is 182 cm³/mol. The van der Waals surface area contributed by atoms with Crippen LogP contribution in [0.5, 0.6) is 0 Å². The Hall–Kier alpha value is -5.46. The smallest absolute Gasteiger partial charge is 0.00206 e. The Labute approximate surface area is 242 Å². The fraction of sp³-hybridized carbons (Fsp3) is 0. The van der Waals surface area contributed by atoms with Crippen molar-refractivity contribution in [3.63, 3.8) is 0 Å². The molecule has 42 heavy (non-hydrogen) atoms. The zero-order valence-electron chi connectivity index (χ0n) is 22.9. The highest BCUT2D eigenvalue weighted by molar-refractivity contribution is 6.27. The Morgan fingerprint density at radius 2 is 0.667 bits per heavy atom. The van der Waals surface area contributed by atoms with E-state index in [2.05, 4.69) is 146 Å². The minimum atomic E-state index is 1.26. The zero-order valence-corrected chi connectivity index (χ0v) is 22.9. The molecule has 0 saturated carbocycles. The zero-order chi connectivity index (χ0) is 27.4. The van der Waals surface area contributed by atoms with Crippen LogP contribution in [-0.4, -0.2) is 0 Å². The third-order valence-corrected chi connectivity index (χ3v) is 9.50. The SMILES string of the molecule is c1cc2ccc3ccc(-c4ccc5cc(-c6cc7cccc8ccc9cccc6c9c87)ccc5c4)c4ccc(c1)c2c34. The molecule has 0 heteroatoms. The molecule has 0 N–H and O–H groups in total. The minimum Gasteiger partial charge on any atom is -0.0610 e. The van der Waals surface area contributed by atoms with Crippen molar-refractivity contribution in [2.75, 3.05) is 0 Å². The highest BCUT2D eigenvalue weighted by Gasteiger charge is 2.15. The molecule has 192 valence electrons. The van der Waals surface area contributed by atoms with Crippen molar-refractivity contribution in [3.05, 3.63) is 146 Å². The highest BCUT2D eigenvalue weighted by Crippen LogP contribution is 2.42. The van der Waals surface area contributed by atoms with Crippen molar-refractivity contribution in [2.24, 2.45) is 0 Å². The van der Waals surface area contributed by atoms with Gasteiger partial charge in [0.25, 0.3) is 0 Å². The van der Waals surface area contributed by atoms with Crippen LogP contribution in [0.2, 0.25) is 0 Å². The van der Waals surface area contributed by atoms with Gasteiger partial charge in [-0.25, -0.2) is 0 Å². The van der Waals surface area contributed by atoms with Gasteiger partial charge in [-0.1, -0.05) is 127 Å². The third-order valence-electron chi connectivity index (χ3n) is 9.50. The molecule has 0 bridgehead atoms. The molecule has 10 aromatic rings. The summed E-state index contributed by atoms with van der Waals surface area (Å²) in [7, 11) is 0. The number of benzene rings is 10. The van der Waals surface area contributed by atoms with Gasteiger partial charge in [0.1, 0.15) is 0 Å². The van der Waals surface area contributed by atoms with Crippen molar-refractivity contribution in [1.82, 2.24) is 0 Å². The Morgan fingerprint density at radius 3 is 1.33 bits per heavy atom. The van der Waals surface area contributed by atoms with Crippen molar-refractivity contribution in [3.8, 4) is 22.3 Å². The summed E-state index contributed by atoms with van der Waals surface area (Å²) in [5.74, 6) is 0. The van der Waals surface area contributed by atoms with Crippen LogP contribution in [0.1, 0.15) is 0 Å². The molecule has 0 aliphatic carbocycles. The largest absolute Gasteiger partial charge is 0.0610 e. The van der Waals surface area contributed by atoms with Gasteiger partial charge in [-0.15, -0.1) is 0 Å². The van der Waals surface area contributed by atoms with Gasteiger partial charge < -0.3 is 0 Å². The molecule has 0 aliphatic heterocycles. The third kappa shape index (κ3) is 2.96. The molecule has 0 aromatic heterocycles. The number of rotatable bonds is 2. The van der Waals surface area contributed by atoms with Crippen molar-refractivity contribution < 1.29 is 0 Å². The Morgan fingerprint density at radius 1 is 0.238 bits per heavy atom. The first kappa shape index (κ1) is 22.3. The minimum absolute atomic E-state index is 1.26. The Bertz CT molecular complexity index is 2660. The molecule has 10 rings (SSSR count). The molecule has 0 radical (unpaired) electrons. The second kappa shape index (κ2) is 8.06. The maximum atomic E-state index is 2.38. The Kier molecular flexibility index (Phi) is 4.27. The second-order valence-corrected chi connectivity index (χ2v) is 11.7. The number of fused-ring (bicyclic) bond motifs is 1. The van der Waals surface area contributed by atoms with E-state index in [4.69, 9.17) is 0 Å². The highest BCUT2D eigenvalue weighted by atomic mass is 14.2. The van der Waals surface area contributed by atoms with E-state index in [0.717, 1.165) is 0 Å². The molecule has 10 aromatic carbocycles. The van der Waals surface area contributed by atoms with Crippen LogP contribution in [0.15, 0.2) is 146 Å². The number of hydrogen-bond acceptors (Lipinski definition) is 0. The van der Waals surface area contributed by atoms with E-state index >= 15 is 0 Å².